The highest BCUT2D eigenvalue weighted by Gasteiger charge is 2.39. The molecule has 1 atom stereocenters. The van der Waals surface area contributed by atoms with Crippen LogP contribution in [0.4, 0.5) is 5.69 Å². The summed E-state index contributed by atoms with van der Waals surface area (Å²) in [6, 6.07) is 14.3. The van der Waals surface area contributed by atoms with Crippen LogP contribution in [0.3, 0.4) is 0 Å². The first-order valence-corrected chi connectivity index (χ1v) is 9.95. The number of nitrogens with one attached hydrogen (secondary N) is 1. The largest absolute Gasteiger partial charge is 0.490 e. The summed E-state index contributed by atoms with van der Waals surface area (Å²) in [5.41, 5.74) is 0.543. The van der Waals surface area contributed by atoms with Crippen LogP contribution in [0.1, 0.15) is 38.3 Å². The predicted octanol–water partition coefficient (Wildman–Crippen LogP) is 4.87. The minimum atomic E-state index is -1.28. The lowest BCUT2D eigenvalue weighted by atomic mass is 9.86. The van der Waals surface area contributed by atoms with Crippen molar-refractivity contribution in [1.82, 2.24) is 0 Å². The number of carbonyl (C=O) groups is 1. The summed E-state index contributed by atoms with van der Waals surface area (Å²) in [6.07, 6.45) is 2.32. The number of anilines is 1. The van der Waals surface area contributed by atoms with E-state index in [4.69, 9.17) is 10.00 Å². The van der Waals surface area contributed by atoms with Gasteiger partial charge in [0.05, 0.1) is 17.7 Å². The smallest absolute Gasteiger partial charge is 0.334 e. The molecule has 0 aliphatic rings. The molecule has 6 heteroatoms. The lowest BCUT2D eigenvalue weighted by Crippen LogP contribution is -2.43. The van der Waals surface area contributed by atoms with Crippen LogP contribution in [0.15, 0.2) is 47.4 Å². The fourth-order valence-corrected chi connectivity index (χ4v) is 3.41. The van der Waals surface area contributed by atoms with E-state index in [9.17, 15) is 9.90 Å². The van der Waals surface area contributed by atoms with Gasteiger partial charge in [-0.1, -0.05) is 13.0 Å². The molecule has 5 nitrogen and oxygen atoms in total. The first kappa shape index (κ1) is 20.7. The Bertz CT molecular complexity index is 843. The first-order valence-electron chi connectivity index (χ1n) is 8.73. The van der Waals surface area contributed by atoms with Crippen molar-refractivity contribution in [1.29, 1.82) is 5.26 Å². The molecule has 0 amide bonds. The van der Waals surface area contributed by atoms with Gasteiger partial charge < -0.3 is 15.2 Å². The number of rotatable bonds is 8. The van der Waals surface area contributed by atoms with Crippen LogP contribution in [0.5, 0.6) is 5.75 Å². The van der Waals surface area contributed by atoms with Crippen LogP contribution >= 0.6 is 11.8 Å². The van der Waals surface area contributed by atoms with Crippen LogP contribution in [0, 0.1) is 11.3 Å². The SMILES string of the molecule is CCC(Nc1ccc(C#N)cc1)(C(=O)O)c1ccc(OC(C)C)c(SC)c1. The van der Waals surface area contributed by atoms with E-state index < -0.39 is 11.5 Å². The number of benzene rings is 2. The molecular weight excluding hydrogens is 360 g/mol. The number of aliphatic carboxylic acids is 1. The van der Waals surface area contributed by atoms with Crippen molar-refractivity contribution in [3.05, 3.63) is 53.6 Å². The zero-order chi connectivity index (χ0) is 20.0. The Morgan fingerprint density at radius 2 is 1.96 bits per heavy atom. The van der Waals surface area contributed by atoms with Gasteiger partial charge in [-0.05, 0) is 68.5 Å². The molecule has 0 heterocycles. The average molecular weight is 385 g/mol. The summed E-state index contributed by atoms with van der Waals surface area (Å²) >= 11 is 1.52. The number of nitrogens with zero attached hydrogens (tertiary/aromatic N) is 1. The van der Waals surface area contributed by atoms with Crippen molar-refractivity contribution in [2.75, 3.05) is 11.6 Å². The van der Waals surface area contributed by atoms with Crippen molar-refractivity contribution in [3.63, 3.8) is 0 Å². The Balaban J connectivity index is 2.48. The third-order valence-corrected chi connectivity index (χ3v) is 5.05. The molecule has 1 unspecified atom stereocenters. The van der Waals surface area contributed by atoms with Crippen LogP contribution in [-0.2, 0) is 10.3 Å². The number of ether oxygens (including phenoxy) is 1. The van der Waals surface area contributed by atoms with E-state index in [0.29, 0.717) is 23.2 Å². The van der Waals surface area contributed by atoms with Crippen molar-refractivity contribution in [2.45, 2.75) is 43.7 Å². The van der Waals surface area contributed by atoms with Crippen molar-refractivity contribution >= 4 is 23.4 Å². The van der Waals surface area contributed by atoms with Crippen LogP contribution in [-0.4, -0.2) is 23.4 Å². The van der Waals surface area contributed by atoms with Gasteiger partial charge in [0.2, 0.25) is 0 Å². The van der Waals surface area contributed by atoms with E-state index >= 15 is 0 Å². The van der Waals surface area contributed by atoms with E-state index in [1.54, 1.807) is 30.3 Å². The molecule has 0 aromatic heterocycles. The highest BCUT2D eigenvalue weighted by atomic mass is 32.2. The topological polar surface area (TPSA) is 82.4 Å². The highest BCUT2D eigenvalue weighted by Crippen LogP contribution is 2.36. The van der Waals surface area contributed by atoms with Gasteiger partial charge >= 0.3 is 5.97 Å². The van der Waals surface area contributed by atoms with Gasteiger partial charge in [-0.15, -0.1) is 11.8 Å². The van der Waals surface area contributed by atoms with Gasteiger partial charge in [0, 0.05) is 10.6 Å². The summed E-state index contributed by atoms with van der Waals surface area (Å²) in [5.74, 6) is -0.214. The molecule has 0 spiro atoms. The van der Waals surface area contributed by atoms with Crippen LogP contribution in [0.2, 0.25) is 0 Å². The Kier molecular flexibility index (Phi) is 6.75. The second-order valence-electron chi connectivity index (χ2n) is 6.41. The van der Waals surface area contributed by atoms with E-state index in [2.05, 4.69) is 11.4 Å². The molecule has 2 N–H and O–H groups in total. The number of carboxylic acid groups (broad SMARTS) is 1. The van der Waals surface area contributed by atoms with Gasteiger partial charge in [-0.2, -0.15) is 5.26 Å². The third-order valence-electron chi connectivity index (χ3n) is 4.29. The second kappa shape index (κ2) is 8.83. The number of hydrogen-bond donors (Lipinski definition) is 2. The Labute approximate surface area is 164 Å². The minimum absolute atomic E-state index is 0.0360. The molecule has 27 heavy (non-hydrogen) atoms. The van der Waals surface area contributed by atoms with Gasteiger partial charge in [-0.25, -0.2) is 4.79 Å². The standard InChI is InChI=1S/C21H24N2O3S/c1-5-21(20(24)25,23-17-9-6-15(13-22)7-10-17)16-8-11-18(26-14(2)3)19(12-16)27-4/h6-12,14,23H,5H2,1-4H3,(H,24,25). The fraction of sp³-hybridized carbons (Fsp3) is 0.333. The van der Waals surface area contributed by atoms with Gasteiger partial charge in [0.1, 0.15) is 5.75 Å². The lowest BCUT2D eigenvalue weighted by Gasteiger charge is -2.32. The Hall–Kier alpha value is -2.65. The summed E-state index contributed by atoms with van der Waals surface area (Å²) in [4.78, 5) is 13.2. The second-order valence-corrected chi connectivity index (χ2v) is 7.26. The van der Waals surface area contributed by atoms with Crippen molar-refractivity contribution in [3.8, 4) is 11.8 Å². The maximum Gasteiger partial charge on any atom is 0.334 e. The zero-order valence-corrected chi connectivity index (χ0v) is 16.8. The van der Waals surface area contributed by atoms with Crippen molar-refractivity contribution < 1.29 is 14.6 Å². The van der Waals surface area contributed by atoms with Crippen LogP contribution < -0.4 is 10.1 Å². The molecule has 2 rings (SSSR count). The summed E-state index contributed by atoms with van der Waals surface area (Å²) < 4.78 is 5.82. The normalized spacial score (nSPS) is 12.9. The molecule has 0 saturated carbocycles. The Morgan fingerprint density at radius 1 is 1.30 bits per heavy atom. The molecule has 2 aromatic carbocycles. The molecule has 0 radical (unpaired) electrons. The van der Waals surface area contributed by atoms with Crippen LogP contribution in [0.25, 0.3) is 0 Å². The quantitative estimate of drug-likeness (QED) is 0.632. The summed E-state index contributed by atoms with van der Waals surface area (Å²) in [6.45, 7) is 5.75. The van der Waals surface area contributed by atoms with E-state index in [1.807, 2.05) is 39.2 Å². The highest BCUT2D eigenvalue weighted by molar-refractivity contribution is 7.98. The number of carboxylic acids is 1. The minimum Gasteiger partial charge on any atom is -0.490 e. The average Bonchev–Trinajstić information content (AvgIpc) is 2.66. The van der Waals surface area contributed by atoms with Crippen molar-refractivity contribution in [2.24, 2.45) is 0 Å². The Morgan fingerprint density at radius 3 is 2.44 bits per heavy atom. The van der Waals surface area contributed by atoms with Gasteiger partial charge in [0.25, 0.3) is 0 Å². The van der Waals surface area contributed by atoms with Gasteiger partial charge in [0.15, 0.2) is 5.54 Å². The molecule has 0 bridgehead atoms. The number of hydrogen-bond acceptors (Lipinski definition) is 5. The summed E-state index contributed by atoms with van der Waals surface area (Å²) in [5, 5.41) is 22.2. The molecule has 2 aromatic rings. The van der Waals surface area contributed by atoms with Gasteiger partial charge in [-0.3, -0.25) is 0 Å². The molecule has 0 aliphatic heterocycles. The zero-order valence-electron chi connectivity index (χ0n) is 15.9. The number of thioether (sulfide) groups is 1. The van der Waals surface area contributed by atoms with E-state index in [0.717, 1.165) is 10.6 Å². The third kappa shape index (κ3) is 4.55. The number of nitriles is 1. The monoisotopic (exact) mass is 384 g/mol. The van der Waals surface area contributed by atoms with E-state index in [1.165, 1.54) is 11.8 Å². The predicted molar refractivity (Wildman–Crippen MR) is 108 cm³/mol. The first-order chi connectivity index (χ1) is 12.9. The lowest BCUT2D eigenvalue weighted by molar-refractivity contribution is -0.142. The maximum absolute atomic E-state index is 12.3. The van der Waals surface area contributed by atoms with E-state index in [-0.39, 0.29) is 6.10 Å². The molecule has 0 aliphatic carbocycles. The molecule has 0 saturated heterocycles. The molecule has 142 valence electrons. The molecular formula is C21H24N2O3S. The molecule has 0 fully saturated rings. The fourth-order valence-electron chi connectivity index (χ4n) is 2.85. The summed E-state index contributed by atoms with van der Waals surface area (Å²) in [7, 11) is 0. The maximum atomic E-state index is 12.3.